The Balaban J connectivity index is 1.43. The van der Waals surface area contributed by atoms with Gasteiger partial charge in [0.2, 0.25) is 5.91 Å². The zero-order chi connectivity index (χ0) is 18.5. The van der Waals surface area contributed by atoms with Gasteiger partial charge in [-0.1, -0.05) is 37.6 Å². The predicted octanol–water partition coefficient (Wildman–Crippen LogP) is 3.68. The van der Waals surface area contributed by atoms with E-state index in [0.717, 1.165) is 38.4 Å². The number of carbonyl (C=O) groups excluding carboxylic acids is 1. The lowest BCUT2D eigenvalue weighted by atomic mass is 10.2. The molecule has 7 heteroatoms. The number of benzene rings is 1. The fourth-order valence-electron chi connectivity index (χ4n) is 2.95. The van der Waals surface area contributed by atoms with Crippen molar-refractivity contribution in [2.24, 2.45) is 0 Å². The van der Waals surface area contributed by atoms with Crippen molar-refractivity contribution in [2.45, 2.75) is 26.3 Å². The number of nitrogens with one attached hydrogen (secondary N) is 1. The Morgan fingerprint density at radius 3 is 2.58 bits per heavy atom. The van der Waals surface area contributed by atoms with E-state index in [0.29, 0.717) is 23.2 Å². The van der Waals surface area contributed by atoms with E-state index >= 15 is 0 Å². The number of carbonyl (C=O) groups is 1. The average Bonchev–Trinajstić information content (AvgIpc) is 3.07. The Morgan fingerprint density at radius 1 is 1.23 bits per heavy atom. The maximum absolute atomic E-state index is 12.2. The van der Waals surface area contributed by atoms with Gasteiger partial charge < -0.3 is 5.32 Å². The summed E-state index contributed by atoms with van der Waals surface area (Å²) < 4.78 is 0. The molecule has 0 aliphatic carbocycles. The first-order valence-electron chi connectivity index (χ1n) is 8.94. The van der Waals surface area contributed by atoms with Gasteiger partial charge >= 0.3 is 0 Å². The molecule has 1 amide bonds. The summed E-state index contributed by atoms with van der Waals surface area (Å²) >= 11 is 7.83. The summed E-state index contributed by atoms with van der Waals surface area (Å²) in [6, 6.07) is 7.31. The van der Waals surface area contributed by atoms with E-state index < -0.39 is 0 Å². The molecule has 0 atom stereocenters. The third-order valence-corrected chi connectivity index (χ3v) is 5.95. The summed E-state index contributed by atoms with van der Waals surface area (Å²) in [5.74, 6) is 0.467. The second kappa shape index (κ2) is 8.95. The van der Waals surface area contributed by atoms with Crippen LogP contribution >= 0.6 is 22.9 Å². The number of thiazole rings is 1. The predicted molar refractivity (Wildman–Crippen MR) is 108 cm³/mol. The van der Waals surface area contributed by atoms with Crippen molar-refractivity contribution >= 4 is 34.5 Å². The van der Waals surface area contributed by atoms with Crippen molar-refractivity contribution in [3.8, 4) is 0 Å². The number of piperazine rings is 1. The molecule has 2 aromatic rings. The van der Waals surface area contributed by atoms with Crippen molar-refractivity contribution < 1.29 is 4.79 Å². The summed E-state index contributed by atoms with van der Waals surface area (Å²) in [7, 11) is 0. The first-order chi connectivity index (χ1) is 12.5. The molecule has 1 aliphatic rings. The molecular weight excluding hydrogens is 368 g/mol. The first kappa shape index (κ1) is 19.3. The fourth-order valence-corrected chi connectivity index (χ4v) is 3.96. The first-order valence-corrected chi connectivity index (χ1v) is 10.2. The third-order valence-electron chi connectivity index (χ3n) is 4.43. The Morgan fingerprint density at radius 2 is 1.92 bits per heavy atom. The van der Waals surface area contributed by atoms with Crippen LogP contribution in [0, 0.1) is 0 Å². The number of hydrogen-bond acceptors (Lipinski definition) is 5. The number of anilines is 1. The second-order valence-corrected chi connectivity index (χ2v) is 8.21. The lowest BCUT2D eigenvalue weighted by molar-refractivity contribution is -0.117. The van der Waals surface area contributed by atoms with Crippen LogP contribution in [0.2, 0.25) is 5.02 Å². The van der Waals surface area contributed by atoms with E-state index in [1.807, 2.05) is 18.2 Å². The number of nitrogens with zero attached hydrogens (tertiary/aromatic N) is 3. The van der Waals surface area contributed by atoms with Gasteiger partial charge in [0.1, 0.15) is 0 Å². The smallest absolute Gasteiger partial charge is 0.238 e. The number of halogens is 1. The van der Waals surface area contributed by atoms with Gasteiger partial charge in [0.15, 0.2) is 0 Å². The van der Waals surface area contributed by atoms with Crippen LogP contribution in [0.25, 0.3) is 0 Å². The number of amides is 1. The largest absolute Gasteiger partial charge is 0.324 e. The van der Waals surface area contributed by atoms with E-state index in [9.17, 15) is 4.79 Å². The molecule has 0 spiro atoms. The van der Waals surface area contributed by atoms with Crippen molar-refractivity contribution in [2.75, 3.05) is 38.0 Å². The molecule has 0 saturated carbocycles. The van der Waals surface area contributed by atoms with Gasteiger partial charge in [-0.2, -0.15) is 0 Å². The van der Waals surface area contributed by atoms with Crippen LogP contribution < -0.4 is 5.32 Å². The van der Waals surface area contributed by atoms with Crippen LogP contribution in [0.5, 0.6) is 0 Å². The molecule has 5 nitrogen and oxygen atoms in total. The average molecular weight is 393 g/mol. The molecule has 0 bridgehead atoms. The Hall–Kier alpha value is -1.47. The standard InChI is InChI=1S/C19H25ClN4OS/c1-14(2)19-21-15(13-26-19)11-23-7-9-24(10-8-23)12-18(25)22-17-6-4-3-5-16(17)20/h3-6,13-14H,7-12H2,1-2H3,(H,22,25). The summed E-state index contributed by atoms with van der Waals surface area (Å²) in [6.45, 7) is 9.32. The molecule has 1 N–H and O–H groups in total. The molecule has 1 fully saturated rings. The van der Waals surface area contributed by atoms with Crippen molar-refractivity contribution in [3.63, 3.8) is 0 Å². The summed E-state index contributed by atoms with van der Waals surface area (Å²) in [6.07, 6.45) is 0. The Labute approximate surface area is 164 Å². The van der Waals surface area contributed by atoms with Gasteiger partial charge in [-0.15, -0.1) is 11.3 Å². The number of para-hydroxylation sites is 1. The molecule has 1 saturated heterocycles. The molecule has 140 valence electrons. The zero-order valence-electron chi connectivity index (χ0n) is 15.2. The minimum Gasteiger partial charge on any atom is -0.324 e. The summed E-state index contributed by atoms with van der Waals surface area (Å²) in [4.78, 5) is 21.5. The quantitative estimate of drug-likeness (QED) is 0.814. The van der Waals surface area contributed by atoms with Crippen LogP contribution in [0.3, 0.4) is 0 Å². The second-order valence-electron chi connectivity index (χ2n) is 6.91. The molecule has 1 aromatic carbocycles. The molecule has 1 aliphatic heterocycles. The van der Waals surface area contributed by atoms with Crippen molar-refractivity contribution in [3.05, 3.63) is 45.4 Å². The minimum atomic E-state index is -0.0207. The highest BCUT2D eigenvalue weighted by molar-refractivity contribution is 7.09. The lowest BCUT2D eigenvalue weighted by Gasteiger charge is -2.33. The lowest BCUT2D eigenvalue weighted by Crippen LogP contribution is -2.48. The third kappa shape index (κ3) is 5.27. The highest BCUT2D eigenvalue weighted by Crippen LogP contribution is 2.21. The fraction of sp³-hybridized carbons (Fsp3) is 0.474. The summed E-state index contributed by atoms with van der Waals surface area (Å²) in [5.41, 5.74) is 1.82. The molecule has 2 heterocycles. The van der Waals surface area contributed by atoms with Gasteiger partial charge in [0.25, 0.3) is 0 Å². The zero-order valence-corrected chi connectivity index (χ0v) is 16.8. The maximum Gasteiger partial charge on any atom is 0.238 e. The molecule has 26 heavy (non-hydrogen) atoms. The van der Waals surface area contributed by atoms with E-state index in [1.54, 1.807) is 17.4 Å². The van der Waals surface area contributed by atoms with E-state index in [-0.39, 0.29) is 5.91 Å². The Bertz CT molecular complexity index is 741. The number of hydrogen-bond donors (Lipinski definition) is 1. The number of aromatic nitrogens is 1. The molecule has 1 aromatic heterocycles. The monoisotopic (exact) mass is 392 g/mol. The van der Waals surface area contributed by atoms with Gasteiger partial charge in [0.05, 0.1) is 28.0 Å². The number of rotatable bonds is 6. The van der Waals surface area contributed by atoms with Gasteiger partial charge in [-0.25, -0.2) is 4.98 Å². The molecular formula is C19H25ClN4OS. The van der Waals surface area contributed by atoms with Crippen LogP contribution in [0.4, 0.5) is 5.69 Å². The van der Waals surface area contributed by atoms with Crippen LogP contribution in [-0.4, -0.2) is 53.4 Å². The SMILES string of the molecule is CC(C)c1nc(CN2CCN(CC(=O)Nc3ccccc3Cl)CC2)cs1. The van der Waals surface area contributed by atoms with Crippen molar-refractivity contribution in [1.29, 1.82) is 0 Å². The van der Waals surface area contributed by atoms with Crippen LogP contribution in [0.15, 0.2) is 29.6 Å². The minimum absolute atomic E-state index is 0.0207. The van der Waals surface area contributed by atoms with Crippen LogP contribution in [-0.2, 0) is 11.3 Å². The summed E-state index contributed by atoms with van der Waals surface area (Å²) in [5, 5.41) is 6.82. The topological polar surface area (TPSA) is 48.5 Å². The molecule has 0 unspecified atom stereocenters. The van der Waals surface area contributed by atoms with Gasteiger partial charge in [-0.3, -0.25) is 14.6 Å². The molecule has 3 rings (SSSR count). The van der Waals surface area contributed by atoms with Gasteiger partial charge in [0, 0.05) is 44.0 Å². The van der Waals surface area contributed by atoms with E-state index in [4.69, 9.17) is 16.6 Å². The van der Waals surface area contributed by atoms with E-state index in [2.05, 4.69) is 34.3 Å². The highest BCUT2D eigenvalue weighted by Gasteiger charge is 2.20. The normalized spacial score (nSPS) is 16.2. The highest BCUT2D eigenvalue weighted by atomic mass is 35.5. The van der Waals surface area contributed by atoms with Crippen LogP contribution in [0.1, 0.15) is 30.5 Å². The van der Waals surface area contributed by atoms with Crippen molar-refractivity contribution in [1.82, 2.24) is 14.8 Å². The van der Waals surface area contributed by atoms with Gasteiger partial charge in [-0.05, 0) is 12.1 Å². The van der Waals surface area contributed by atoms with E-state index in [1.165, 1.54) is 5.01 Å². The maximum atomic E-state index is 12.2. The molecule has 0 radical (unpaired) electrons. The Kier molecular flexibility index (Phi) is 6.64.